The minimum Gasteiger partial charge on any atom is -0.276 e. The van der Waals surface area contributed by atoms with Gasteiger partial charge in [0.25, 0.3) is 10.0 Å². The maximum absolute atomic E-state index is 12.9. The summed E-state index contributed by atoms with van der Waals surface area (Å²) in [6, 6.07) is 10.4. The molecule has 0 aliphatic carbocycles. The highest BCUT2D eigenvalue weighted by Gasteiger charge is 2.22. The number of halogens is 1. The van der Waals surface area contributed by atoms with E-state index < -0.39 is 10.0 Å². The summed E-state index contributed by atoms with van der Waals surface area (Å²) in [4.78, 5) is 0.156. The Morgan fingerprint density at radius 1 is 1.13 bits per heavy atom. The Labute approximate surface area is 139 Å². The molecule has 0 saturated heterocycles. The van der Waals surface area contributed by atoms with Crippen LogP contribution in [0.15, 0.2) is 41.3 Å². The van der Waals surface area contributed by atoms with Gasteiger partial charge in [-0.05, 0) is 31.4 Å². The fourth-order valence-corrected chi connectivity index (χ4v) is 4.36. The molecule has 120 valence electrons. The van der Waals surface area contributed by atoms with Gasteiger partial charge in [0.1, 0.15) is 0 Å². The first-order valence-corrected chi connectivity index (χ1v) is 8.87. The molecule has 1 N–H and O–H groups in total. The van der Waals surface area contributed by atoms with Crippen LogP contribution in [0.25, 0.3) is 10.8 Å². The van der Waals surface area contributed by atoms with Crippen LogP contribution < -0.4 is 4.72 Å². The second kappa shape index (κ2) is 5.54. The maximum atomic E-state index is 12.9. The van der Waals surface area contributed by atoms with Crippen LogP contribution in [0.5, 0.6) is 0 Å². The van der Waals surface area contributed by atoms with Gasteiger partial charge in [0.2, 0.25) is 0 Å². The molecule has 0 spiro atoms. The smallest absolute Gasteiger partial charge is 0.262 e. The van der Waals surface area contributed by atoms with Gasteiger partial charge in [-0.1, -0.05) is 35.9 Å². The molecule has 1 aromatic heterocycles. The van der Waals surface area contributed by atoms with E-state index in [1.807, 2.05) is 19.1 Å². The molecule has 0 radical (unpaired) electrons. The lowest BCUT2D eigenvalue weighted by Crippen LogP contribution is -2.14. The van der Waals surface area contributed by atoms with Crippen molar-refractivity contribution in [3.8, 4) is 0 Å². The molecule has 0 atom stereocenters. The minimum atomic E-state index is -3.78. The number of sulfonamides is 1. The Morgan fingerprint density at radius 3 is 2.39 bits per heavy atom. The largest absolute Gasteiger partial charge is 0.276 e. The van der Waals surface area contributed by atoms with Crippen LogP contribution >= 0.6 is 11.6 Å². The fraction of sp³-hybridized carbons (Fsp3) is 0.188. The Morgan fingerprint density at radius 2 is 1.78 bits per heavy atom. The van der Waals surface area contributed by atoms with Gasteiger partial charge in [0.15, 0.2) is 0 Å². The first-order valence-electron chi connectivity index (χ1n) is 7.01. The summed E-state index contributed by atoms with van der Waals surface area (Å²) in [6.45, 7) is 3.58. The van der Waals surface area contributed by atoms with Crippen LogP contribution in [-0.4, -0.2) is 18.2 Å². The van der Waals surface area contributed by atoms with Gasteiger partial charge in [-0.15, -0.1) is 0 Å². The summed E-state index contributed by atoms with van der Waals surface area (Å²) in [5, 5.41) is 5.93. The number of aromatic nitrogens is 2. The van der Waals surface area contributed by atoms with Crippen LogP contribution in [-0.2, 0) is 17.1 Å². The third-order valence-electron chi connectivity index (χ3n) is 3.85. The topological polar surface area (TPSA) is 64.0 Å². The highest BCUT2D eigenvalue weighted by molar-refractivity contribution is 7.93. The first-order chi connectivity index (χ1) is 10.8. The van der Waals surface area contributed by atoms with Crippen LogP contribution in [0.3, 0.4) is 0 Å². The third-order valence-corrected chi connectivity index (χ3v) is 5.56. The van der Waals surface area contributed by atoms with Gasteiger partial charge in [-0.25, -0.2) is 8.42 Å². The van der Waals surface area contributed by atoms with Crippen molar-refractivity contribution < 1.29 is 8.42 Å². The van der Waals surface area contributed by atoms with Crippen LogP contribution in [0.2, 0.25) is 5.02 Å². The summed E-state index contributed by atoms with van der Waals surface area (Å²) in [6.07, 6.45) is 0. The normalized spacial score (nSPS) is 11.8. The second-order valence-electron chi connectivity index (χ2n) is 5.37. The highest BCUT2D eigenvalue weighted by atomic mass is 35.5. The zero-order valence-corrected chi connectivity index (χ0v) is 14.5. The molecule has 0 amide bonds. The summed E-state index contributed by atoms with van der Waals surface area (Å²) in [5.41, 5.74) is 1.87. The average Bonchev–Trinajstić information content (AvgIpc) is 2.73. The van der Waals surface area contributed by atoms with Crippen molar-refractivity contribution in [2.24, 2.45) is 7.05 Å². The van der Waals surface area contributed by atoms with Gasteiger partial charge in [-0.3, -0.25) is 9.40 Å². The highest BCUT2D eigenvalue weighted by Crippen LogP contribution is 2.31. The number of fused-ring (bicyclic) bond motifs is 1. The van der Waals surface area contributed by atoms with Gasteiger partial charge in [0, 0.05) is 17.5 Å². The summed E-state index contributed by atoms with van der Waals surface area (Å²) >= 11 is 6.23. The van der Waals surface area contributed by atoms with E-state index in [0.717, 1.165) is 11.1 Å². The Kier molecular flexibility index (Phi) is 3.82. The summed E-state index contributed by atoms with van der Waals surface area (Å²) < 4.78 is 30.0. The van der Waals surface area contributed by atoms with Crippen molar-refractivity contribution in [3.05, 3.63) is 52.8 Å². The Balaban J connectivity index is 2.18. The molecule has 0 bridgehead atoms. The first kappa shape index (κ1) is 15.8. The summed E-state index contributed by atoms with van der Waals surface area (Å²) in [5.74, 6) is 0. The number of nitrogens with zero attached hydrogens (tertiary/aromatic N) is 2. The number of rotatable bonds is 3. The molecule has 0 fully saturated rings. The molecule has 5 nitrogen and oxygen atoms in total. The van der Waals surface area contributed by atoms with E-state index in [9.17, 15) is 8.42 Å². The van der Waals surface area contributed by atoms with Crippen LogP contribution in [0.1, 0.15) is 11.4 Å². The molecule has 2 aromatic carbocycles. The van der Waals surface area contributed by atoms with Crippen molar-refractivity contribution >= 4 is 38.1 Å². The van der Waals surface area contributed by atoms with Gasteiger partial charge in [0.05, 0.1) is 22.0 Å². The third kappa shape index (κ3) is 2.68. The van der Waals surface area contributed by atoms with Crippen LogP contribution in [0, 0.1) is 13.8 Å². The van der Waals surface area contributed by atoms with Crippen molar-refractivity contribution in [1.82, 2.24) is 9.78 Å². The zero-order valence-electron chi connectivity index (χ0n) is 13.0. The van der Waals surface area contributed by atoms with E-state index in [1.165, 1.54) is 0 Å². The molecule has 0 aliphatic rings. The predicted octanol–water partition coefficient (Wildman–Crippen LogP) is 3.64. The van der Waals surface area contributed by atoms with E-state index in [2.05, 4.69) is 9.82 Å². The average molecular weight is 350 g/mol. The quantitative estimate of drug-likeness (QED) is 0.785. The standard InChI is InChI=1S/C16H16ClN3O2S/c1-10-16(11(2)20(3)18-10)19-23(21,22)14-9-5-7-12-6-4-8-13(17)15(12)14/h4-9,19H,1-3H3. The number of aryl methyl sites for hydroxylation is 2. The van der Waals surface area contributed by atoms with Gasteiger partial charge in [-0.2, -0.15) is 5.10 Å². The van der Waals surface area contributed by atoms with E-state index in [0.29, 0.717) is 21.8 Å². The van der Waals surface area contributed by atoms with Gasteiger partial charge < -0.3 is 0 Å². The molecular weight excluding hydrogens is 334 g/mol. The minimum absolute atomic E-state index is 0.156. The Bertz CT molecular complexity index is 1000. The lowest BCUT2D eigenvalue weighted by molar-refractivity contribution is 0.602. The van der Waals surface area contributed by atoms with Gasteiger partial charge >= 0.3 is 0 Å². The molecule has 0 unspecified atom stereocenters. The molecule has 7 heteroatoms. The maximum Gasteiger partial charge on any atom is 0.262 e. The van der Waals surface area contributed by atoms with E-state index in [4.69, 9.17) is 11.6 Å². The number of nitrogens with one attached hydrogen (secondary N) is 1. The number of anilines is 1. The van der Waals surface area contributed by atoms with Crippen molar-refractivity contribution in [1.29, 1.82) is 0 Å². The molecule has 0 saturated carbocycles. The SMILES string of the molecule is Cc1nn(C)c(C)c1NS(=O)(=O)c1cccc2cccc(Cl)c12. The van der Waals surface area contributed by atoms with E-state index >= 15 is 0 Å². The van der Waals surface area contributed by atoms with Crippen molar-refractivity contribution in [2.45, 2.75) is 18.7 Å². The van der Waals surface area contributed by atoms with E-state index in [-0.39, 0.29) is 4.90 Å². The fourth-order valence-electron chi connectivity index (χ4n) is 2.60. The molecule has 23 heavy (non-hydrogen) atoms. The monoisotopic (exact) mass is 349 g/mol. The lowest BCUT2D eigenvalue weighted by Gasteiger charge is -2.12. The molecule has 3 aromatic rings. The summed E-state index contributed by atoms with van der Waals surface area (Å²) in [7, 11) is -2.01. The predicted molar refractivity (Wildman–Crippen MR) is 92.4 cm³/mol. The lowest BCUT2D eigenvalue weighted by atomic mass is 10.1. The number of hydrogen-bond acceptors (Lipinski definition) is 3. The van der Waals surface area contributed by atoms with Crippen molar-refractivity contribution in [2.75, 3.05) is 4.72 Å². The second-order valence-corrected chi connectivity index (χ2v) is 7.43. The number of benzene rings is 2. The molecular formula is C16H16ClN3O2S. The van der Waals surface area contributed by atoms with Crippen molar-refractivity contribution in [3.63, 3.8) is 0 Å². The van der Waals surface area contributed by atoms with E-state index in [1.54, 1.807) is 42.9 Å². The molecule has 3 rings (SSSR count). The number of hydrogen-bond donors (Lipinski definition) is 1. The zero-order chi connectivity index (χ0) is 16.8. The van der Waals surface area contributed by atoms with Crippen LogP contribution in [0.4, 0.5) is 5.69 Å². The molecule has 1 heterocycles. The Hall–Kier alpha value is -2.05. The molecule has 0 aliphatic heterocycles.